The molecular weight excluding hydrogens is 378 g/mol. The molecule has 0 saturated carbocycles. The molecule has 0 aliphatic carbocycles. The third kappa shape index (κ3) is 3.96. The molecule has 0 aromatic carbocycles. The largest absolute Gasteiger partial charge is 0.480 e. The molecule has 142 valence electrons. The normalized spacial score (nSPS) is 10.9. The van der Waals surface area contributed by atoms with Crippen molar-refractivity contribution < 1.29 is 9.53 Å². The maximum Gasteiger partial charge on any atom is 0.231 e. The SMILES string of the molecule is COc1ccc2nnc(CCCC(=O)Nc3nc(-c4ccncc4)cs3)n2n1. The van der Waals surface area contributed by atoms with E-state index in [0.29, 0.717) is 41.7 Å². The molecule has 0 aliphatic heterocycles. The van der Waals surface area contributed by atoms with Gasteiger partial charge in [0.15, 0.2) is 16.6 Å². The molecule has 0 spiro atoms. The summed E-state index contributed by atoms with van der Waals surface area (Å²) >= 11 is 1.40. The van der Waals surface area contributed by atoms with Crippen LogP contribution in [0.25, 0.3) is 16.9 Å². The number of fused-ring (bicyclic) bond motifs is 1. The number of hydrogen-bond acceptors (Lipinski definition) is 8. The van der Waals surface area contributed by atoms with E-state index in [9.17, 15) is 4.79 Å². The highest BCUT2D eigenvalue weighted by molar-refractivity contribution is 7.14. The van der Waals surface area contributed by atoms with Crippen LogP contribution in [0.3, 0.4) is 0 Å². The third-order valence-corrected chi connectivity index (χ3v) is 4.80. The number of carbonyl (C=O) groups is 1. The van der Waals surface area contributed by atoms with Crippen LogP contribution in [0.15, 0.2) is 42.0 Å². The number of rotatable bonds is 7. The van der Waals surface area contributed by atoms with Gasteiger partial charge in [-0.3, -0.25) is 9.78 Å². The molecule has 1 N–H and O–H groups in total. The molecule has 4 rings (SSSR count). The van der Waals surface area contributed by atoms with Gasteiger partial charge in [0, 0.05) is 42.2 Å². The number of thiazole rings is 1. The highest BCUT2D eigenvalue weighted by Crippen LogP contribution is 2.24. The molecule has 4 aromatic rings. The van der Waals surface area contributed by atoms with Crippen LogP contribution in [-0.2, 0) is 11.2 Å². The zero-order valence-corrected chi connectivity index (χ0v) is 15.9. The minimum atomic E-state index is -0.0880. The van der Waals surface area contributed by atoms with E-state index in [1.165, 1.54) is 11.3 Å². The van der Waals surface area contributed by atoms with E-state index in [1.54, 1.807) is 36.2 Å². The van der Waals surface area contributed by atoms with Crippen molar-refractivity contribution in [3.8, 4) is 17.1 Å². The van der Waals surface area contributed by atoms with Crippen molar-refractivity contribution in [3.63, 3.8) is 0 Å². The van der Waals surface area contributed by atoms with Gasteiger partial charge in [-0.1, -0.05) is 0 Å². The monoisotopic (exact) mass is 395 g/mol. The number of aryl methyl sites for hydroxylation is 1. The van der Waals surface area contributed by atoms with Gasteiger partial charge in [0.1, 0.15) is 0 Å². The van der Waals surface area contributed by atoms with Gasteiger partial charge in [0.2, 0.25) is 11.8 Å². The number of methoxy groups -OCH3 is 1. The van der Waals surface area contributed by atoms with Crippen LogP contribution in [0.1, 0.15) is 18.7 Å². The molecule has 0 unspecified atom stereocenters. The first-order chi connectivity index (χ1) is 13.7. The molecule has 10 heteroatoms. The van der Waals surface area contributed by atoms with Crippen LogP contribution in [0.5, 0.6) is 5.88 Å². The van der Waals surface area contributed by atoms with Crippen LogP contribution in [0, 0.1) is 0 Å². The van der Waals surface area contributed by atoms with Crippen molar-refractivity contribution in [2.24, 2.45) is 0 Å². The summed E-state index contributed by atoms with van der Waals surface area (Å²) in [5, 5.41) is 17.8. The number of carbonyl (C=O) groups excluding carboxylic acids is 1. The lowest BCUT2D eigenvalue weighted by molar-refractivity contribution is -0.116. The predicted molar refractivity (Wildman–Crippen MR) is 104 cm³/mol. The first-order valence-corrected chi connectivity index (χ1v) is 9.52. The lowest BCUT2D eigenvalue weighted by Crippen LogP contribution is -2.11. The summed E-state index contributed by atoms with van der Waals surface area (Å²) in [5.41, 5.74) is 2.43. The summed E-state index contributed by atoms with van der Waals surface area (Å²) in [4.78, 5) is 20.7. The third-order valence-electron chi connectivity index (χ3n) is 4.04. The second-order valence-electron chi connectivity index (χ2n) is 5.94. The quantitative estimate of drug-likeness (QED) is 0.512. The zero-order valence-electron chi connectivity index (χ0n) is 15.1. The van der Waals surface area contributed by atoms with Crippen molar-refractivity contribution in [2.45, 2.75) is 19.3 Å². The molecule has 4 heterocycles. The van der Waals surface area contributed by atoms with Gasteiger partial charge in [-0.05, 0) is 24.6 Å². The molecule has 0 bridgehead atoms. The summed E-state index contributed by atoms with van der Waals surface area (Å²) < 4.78 is 6.77. The van der Waals surface area contributed by atoms with Gasteiger partial charge >= 0.3 is 0 Å². The van der Waals surface area contributed by atoms with Crippen molar-refractivity contribution in [1.29, 1.82) is 0 Å². The lowest BCUT2D eigenvalue weighted by Gasteiger charge is -2.02. The molecule has 0 atom stereocenters. The maximum atomic E-state index is 12.2. The molecule has 0 aliphatic rings. The van der Waals surface area contributed by atoms with Gasteiger partial charge in [0.25, 0.3) is 0 Å². The average molecular weight is 395 g/mol. The van der Waals surface area contributed by atoms with Crippen LogP contribution >= 0.6 is 11.3 Å². The van der Waals surface area contributed by atoms with E-state index >= 15 is 0 Å². The number of amides is 1. The van der Waals surface area contributed by atoms with Crippen LogP contribution in [-0.4, -0.2) is 42.8 Å². The summed E-state index contributed by atoms with van der Waals surface area (Å²) in [6, 6.07) is 7.28. The van der Waals surface area contributed by atoms with Crippen molar-refractivity contribution in [1.82, 2.24) is 29.8 Å². The number of pyridine rings is 1. The summed E-state index contributed by atoms with van der Waals surface area (Å²) in [6.45, 7) is 0. The smallest absolute Gasteiger partial charge is 0.231 e. The first kappa shape index (κ1) is 18.0. The summed E-state index contributed by atoms with van der Waals surface area (Å²) in [7, 11) is 1.56. The van der Waals surface area contributed by atoms with Gasteiger partial charge in [-0.2, -0.15) is 4.52 Å². The molecule has 0 saturated heterocycles. The molecule has 9 nitrogen and oxygen atoms in total. The standard InChI is InChI=1S/C18H17N7O2S/c1-27-17-6-5-15-23-22-14(25(15)24-17)3-2-4-16(26)21-18-20-13(11-28-18)12-7-9-19-10-8-12/h5-11H,2-4H2,1H3,(H,20,21,26). The van der Waals surface area contributed by atoms with Crippen LogP contribution < -0.4 is 10.1 Å². The Bertz CT molecular complexity index is 1090. The topological polar surface area (TPSA) is 107 Å². The Balaban J connectivity index is 1.32. The first-order valence-electron chi connectivity index (χ1n) is 8.64. The fourth-order valence-corrected chi connectivity index (χ4v) is 3.39. The van der Waals surface area contributed by atoms with Gasteiger partial charge in [-0.15, -0.1) is 26.6 Å². The molecule has 4 aromatic heterocycles. The highest BCUT2D eigenvalue weighted by atomic mass is 32.1. The number of nitrogens with one attached hydrogen (secondary N) is 1. The fraction of sp³-hybridized carbons (Fsp3) is 0.222. The van der Waals surface area contributed by atoms with E-state index in [4.69, 9.17) is 4.74 Å². The van der Waals surface area contributed by atoms with Crippen LogP contribution in [0.2, 0.25) is 0 Å². The maximum absolute atomic E-state index is 12.2. The van der Waals surface area contributed by atoms with Crippen LogP contribution in [0.4, 0.5) is 5.13 Å². The molecular formula is C18H17N7O2S. The number of ether oxygens (including phenoxy) is 1. The summed E-state index contributed by atoms with van der Waals surface area (Å²) in [5.74, 6) is 1.09. The zero-order chi connectivity index (χ0) is 19.3. The Hall–Kier alpha value is -3.40. The number of hydrogen-bond donors (Lipinski definition) is 1. The number of aromatic nitrogens is 6. The van der Waals surface area contributed by atoms with E-state index in [1.807, 2.05) is 17.5 Å². The minimum Gasteiger partial charge on any atom is -0.480 e. The van der Waals surface area contributed by atoms with Gasteiger partial charge < -0.3 is 10.1 Å². The second kappa shape index (κ2) is 8.09. The van der Waals surface area contributed by atoms with Gasteiger partial charge in [0.05, 0.1) is 12.8 Å². The fourth-order valence-electron chi connectivity index (χ4n) is 2.66. The Labute approximate surface area is 164 Å². The lowest BCUT2D eigenvalue weighted by atomic mass is 10.2. The molecule has 0 fully saturated rings. The van der Waals surface area contributed by atoms with E-state index in [2.05, 4.69) is 30.6 Å². The van der Waals surface area contributed by atoms with Crippen molar-refractivity contribution >= 4 is 28.0 Å². The van der Waals surface area contributed by atoms with E-state index in [-0.39, 0.29) is 5.91 Å². The Morgan fingerprint density at radius 2 is 2.07 bits per heavy atom. The Morgan fingerprint density at radius 1 is 1.21 bits per heavy atom. The van der Waals surface area contributed by atoms with E-state index < -0.39 is 0 Å². The molecule has 1 amide bonds. The Kier molecular flexibility index (Phi) is 5.20. The van der Waals surface area contributed by atoms with Crippen molar-refractivity contribution in [3.05, 3.63) is 47.9 Å². The highest BCUT2D eigenvalue weighted by Gasteiger charge is 2.11. The predicted octanol–water partition coefficient (Wildman–Crippen LogP) is 2.61. The minimum absolute atomic E-state index is 0.0880. The molecule has 28 heavy (non-hydrogen) atoms. The second-order valence-corrected chi connectivity index (χ2v) is 6.80. The number of anilines is 1. The van der Waals surface area contributed by atoms with Gasteiger partial charge in [-0.25, -0.2) is 4.98 Å². The number of nitrogens with zero attached hydrogens (tertiary/aromatic N) is 6. The average Bonchev–Trinajstić information content (AvgIpc) is 3.35. The van der Waals surface area contributed by atoms with Crippen molar-refractivity contribution in [2.75, 3.05) is 12.4 Å². The molecule has 0 radical (unpaired) electrons. The summed E-state index contributed by atoms with van der Waals surface area (Å²) in [6.07, 6.45) is 4.98. The Morgan fingerprint density at radius 3 is 2.89 bits per heavy atom. The van der Waals surface area contributed by atoms with E-state index in [0.717, 1.165) is 11.3 Å².